The molecule has 1 saturated carbocycles. The van der Waals surface area contributed by atoms with Crippen LogP contribution in [-0.4, -0.2) is 22.2 Å². The van der Waals surface area contributed by atoms with Gasteiger partial charge in [-0.3, -0.25) is 4.79 Å². The molecule has 0 unspecified atom stereocenters. The van der Waals surface area contributed by atoms with E-state index in [1.54, 1.807) is 20.8 Å². The number of carbonyl (C=O) groups excluding carboxylic acids is 2. The van der Waals surface area contributed by atoms with Crippen LogP contribution in [0.3, 0.4) is 0 Å². The van der Waals surface area contributed by atoms with Gasteiger partial charge in [0.15, 0.2) is 10.7 Å². The molecule has 0 heterocycles. The van der Waals surface area contributed by atoms with E-state index in [9.17, 15) is 9.59 Å². The summed E-state index contributed by atoms with van der Waals surface area (Å²) in [6.45, 7) is 5.29. The van der Waals surface area contributed by atoms with Crippen molar-refractivity contribution in [3.63, 3.8) is 0 Å². The van der Waals surface area contributed by atoms with Crippen molar-refractivity contribution in [3.05, 3.63) is 0 Å². The van der Waals surface area contributed by atoms with E-state index in [0.717, 1.165) is 12.8 Å². The van der Waals surface area contributed by atoms with Crippen LogP contribution in [0.25, 0.3) is 0 Å². The van der Waals surface area contributed by atoms with Crippen LogP contribution >= 0.6 is 11.6 Å². The van der Waals surface area contributed by atoms with Crippen molar-refractivity contribution in [2.45, 2.75) is 56.9 Å². The molecular weight excluding hydrogens is 216 g/mol. The highest BCUT2D eigenvalue weighted by Crippen LogP contribution is 2.33. The van der Waals surface area contributed by atoms with Crippen LogP contribution in [0.15, 0.2) is 0 Å². The van der Waals surface area contributed by atoms with Crippen LogP contribution in [-0.2, 0) is 14.3 Å². The molecule has 0 aliphatic heterocycles. The number of carbonyl (C=O) groups is 2. The number of ketones is 1. The summed E-state index contributed by atoms with van der Waals surface area (Å²) in [5, 5.41) is 0. The molecular formula is C11H17ClO3. The molecule has 1 aliphatic carbocycles. The molecule has 3 nitrogen and oxygen atoms in total. The van der Waals surface area contributed by atoms with Crippen molar-refractivity contribution in [2.24, 2.45) is 0 Å². The summed E-state index contributed by atoms with van der Waals surface area (Å²) in [4.78, 5) is 22.0. The molecule has 0 spiro atoms. The number of esters is 1. The first kappa shape index (κ1) is 12.5. The maximum absolute atomic E-state index is 11.8. The molecule has 86 valence electrons. The van der Waals surface area contributed by atoms with Gasteiger partial charge in [-0.05, 0) is 33.6 Å². The largest absolute Gasteiger partial charge is 0.458 e. The number of rotatable bonds is 1. The Bertz CT molecular complexity index is 280. The van der Waals surface area contributed by atoms with E-state index in [4.69, 9.17) is 16.3 Å². The first-order valence-corrected chi connectivity index (χ1v) is 5.59. The number of hydrogen-bond donors (Lipinski definition) is 0. The minimum Gasteiger partial charge on any atom is -0.458 e. The smallest absolute Gasteiger partial charge is 0.335 e. The summed E-state index contributed by atoms with van der Waals surface area (Å²) in [5.74, 6) is -0.800. The Kier molecular flexibility index (Phi) is 3.44. The van der Waals surface area contributed by atoms with E-state index in [1.807, 2.05) is 0 Å². The van der Waals surface area contributed by atoms with Crippen LogP contribution in [0.1, 0.15) is 46.5 Å². The van der Waals surface area contributed by atoms with Crippen molar-refractivity contribution < 1.29 is 14.3 Å². The van der Waals surface area contributed by atoms with Crippen molar-refractivity contribution in [1.29, 1.82) is 0 Å². The molecule has 0 amide bonds. The number of hydrogen-bond acceptors (Lipinski definition) is 3. The number of alkyl halides is 1. The minimum atomic E-state index is -1.43. The van der Waals surface area contributed by atoms with E-state index < -0.39 is 16.4 Å². The summed E-state index contributed by atoms with van der Waals surface area (Å²) in [7, 11) is 0. The molecule has 1 rings (SSSR count). The molecule has 0 aromatic carbocycles. The Labute approximate surface area is 95.1 Å². The Hall–Kier alpha value is -0.570. The lowest BCUT2D eigenvalue weighted by atomic mass is 9.87. The van der Waals surface area contributed by atoms with Crippen LogP contribution < -0.4 is 0 Å². The average molecular weight is 233 g/mol. The topological polar surface area (TPSA) is 43.4 Å². The summed E-state index contributed by atoms with van der Waals surface area (Å²) < 4.78 is 5.16. The molecule has 4 heteroatoms. The highest BCUT2D eigenvalue weighted by Gasteiger charge is 2.47. The third-order valence-corrected chi connectivity index (χ3v) is 2.89. The lowest BCUT2D eigenvalue weighted by Gasteiger charge is -2.30. The maximum Gasteiger partial charge on any atom is 0.335 e. The van der Waals surface area contributed by atoms with Gasteiger partial charge < -0.3 is 4.74 Å². The third kappa shape index (κ3) is 2.94. The zero-order valence-electron chi connectivity index (χ0n) is 9.43. The Morgan fingerprint density at radius 3 is 2.47 bits per heavy atom. The van der Waals surface area contributed by atoms with Crippen molar-refractivity contribution in [3.8, 4) is 0 Å². The van der Waals surface area contributed by atoms with Gasteiger partial charge in [0.05, 0.1) is 0 Å². The predicted octanol–water partition coefficient (Wildman–Crippen LogP) is 2.45. The van der Waals surface area contributed by atoms with E-state index in [0.29, 0.717) is 12.8 Å². The normalized spacial score (nSPS) is 27.6. The fourth-order valence-corrected chi connectivity index (χ4v) is 1.83. The fourth-order valence-electron chi connectivity index (χ4n) is 1.57. The molecule has 0 radical (unpaired) electrons. The van der Waals surface area contributed by atoms with Crippen molar-refractivity contribution in [2.75, 3.05) is 0 Å². The summed E-state index contributed by atoms with van der Waals surface area (Å²) in [5.41, 5.74) is -0.600. The molecule has 0 aromatic heterocycles. The number of ether oxygens (including phenoxy) is 1. The van der Waals surface area contributed by atoms with E-state index in [-0.39, 0.29) is 5.78 Å². The average Bonchev–Trinajstić information content (AvgIpc) is 2.07. The standard InChI is InChI=1S/C11H17ClO3/c1-10(2,3)15-9(14)11(12)7-5-4-6-8(11)13/h4-7H2,1-3H3/t11-/m1/s1. The van der Waals surface area contributed by atoms with Gasteiger partial charge in [0.25, 0.3) is 0 Å². The van der Waals surface area contributed by atoms with Gasteiger partial charge in [-0.1, -0.05) is 18.0 Å². The van der Waals surface area contributed by atoms with Gasteiger partial charge in [-0.15, -0.1) is 0 Å². The van der Waals surface area contributed by atoms with Crippen LogP contribution in [0.4, 0.5) is 0 Å². The second-order valence-electron chi connectivity index (χ2n) is 4.93. The first-order chi connectivity index (χ1) is 6.76. The molecule has 15 heavy (non-hydrogen) atoms. The van der Waals surface area contributed by atoms with Gasteiger partial charge in [0, 0.05) is 6.42 Å². The minimum absolute atomic E-state index is 0.204. The lowest BCUT2D eigenvalue weighted by Crippen LogP contribution is -2.47. The van der Waals surface area contributed by atoms with Gasteiger partial charge in [-0.25, -0.2) is 4.79 Å². The Balaban J connectivity index is 2.76. The summed E-state index contributed by atoms with van der Waals surface area (Å²) in [6.07, 6.45) is 2.38. The van der Waals surface area contributed by atoms with Gasteiger partial charge in [0.2, 0.25) is 0 Å². The molecule has 1 aliphatic rings. The van der Waals surface area contributed by atoms with Gasteiger partial charge >= 0.3 is 5.97 Å². The van der Waals surface area contributed by atoms with Gasteiger partial charge in [0.1, 0.15) is 5.60 Å². The SMILES string of the molecule is CC(C)(C)OC(=O)[C@@]1(Cl)CCCCC1=O. The second-order valence-corrected chi connectivity index (χ2v) is 5.58. The zero-order chi connectivity index (χ0) is 11.7. The third-order valence-electron chi connectivity index (χ3n) is 2.34. The van der Waals surface area contributed by atoms with Crippen molar-refractivity contribution >= 4 is 23.4 Å². The molecule has 0 saturated heterocycles. The second kappa shape index (κ2) is 4.12. The van der Waals surface area contributed by atoms with Crippen LogP contribution in [0.2, 0.25) is 0 Å². The molecule has 0 bridgehead atoms. The maximum atomic E-state index is 11.8. The predicted molar refractivity (Wildman–Crippen MR) is 57.9 cm³/mol. The zero-order valence-corrected chi connectivity index (χ0v) is 10.2. The highest BCUT2D eigenvalue weighted by atomic mass is 35.5. The van der Waals surface area contributed by atoms with Crippen LogP contribution in [0.5, 0.6) is 0 Å². The quantitative estimate of drug-likeness (QED) is 0.396. The summed E-state index contributed by atoms with van der Waals surface area (Å²) in [6, 6.07) is 0. The molecule has 0 N–H and O–H groups in total. The molecule has 0 aromatic rings. The van der Waals surface area contributed by atoms with Crippen molar-refractivity contribution in [1.82, 2.24) is 0 Å². The monoisotopic (exact) mass is 232 g/mol. The molecule has 1 atom stereocenters. The fraction of sp³-hybridized carbons (Fsp3) is 0.818. The Morgan fingerprint density at radius 1 is 1.40 bits per heavy atom. The number of halogens is 1. The first-order valence-electron chi connectivity index (χ1n) is 5.21. The lowest BCUT2D eigenvalue weighted by molar-refractivity contribution is -0.161. The van der Waals surface area contributed by atoms with E-state index >= 15 is 0 Å². The van der Waals surface area contributed by atoms with Gasteiger partial charge in [-0.2, -0.15) is 0 Å². The van der Waals surface area contributed by atoms with E-state index in [2.05, 4.69) is 0 Å². The Morgan fingerprint density at radius 2 is 2.00 bits per heavy atom. The summed E-state index contributed by atoms with van der Waals surface area (Å²) >= 11 is 6.06. The van der Waals surface area contributed by atoms with Crippen LogP contribution in [0, 0.1) is 0 Å². The van der Waals surface area contributed by atoms with E-state index in [1.165, 1.54) is 0 Å². The highest BCUT2D eigenvalue weighted by molar-refractivity contribution is 6.45. The molecule has 1 fully saturated rings. The number of Topliss-reactive ketones (excluding diaryl/α,β-unsaturated/α-hetero) is 1.